The van der Waals surface area contributed by atoms with Crippen LogP contribution in [0.1, 0.15) is 33.6 Å². The van der Waals surface area contributed by atoms with Gasteiger partial charge < -0.3 is 16.0 Å². The number of nitrogens with zero attached hydrogens (tertiary/aromatic N) is 1. The Kier molecular flexibility index (Phi) is 6.45. The molecule has 1 amide bonds. The highest BCUT2D eigenvalue weighted by molar-refractivity contribution is 5.91. The number of carbonyl (C=O) groups excluding carboxylic acids is 1. The Hall–Kier alpha value is -1.62. The summed E-state index contributed by atoms with van der Waals surface area (Å²) in [6.45, 7) is 8.06. The highest BCUT2D eigenvalue weighted by Crippen LogP contribution is 2.16. The molecule has 0 aliphatic carbocycles. The Bertz CT molecular complexity index is 449. The van der Waals surface area contributed by atoms with Crippen LogP contribution in [0.4, 0.5) is 15.8 Å². The van der Waals surface area contributed by atoms with Crippen molar-refractivity contribution in [3.63, 3.8) is 0 Å². The normalized spacial score (nSPS) is 11.1. The number of halogens is 1. The van der Waals surface area contributed by atoms with Gasteiger partial charge in [0.05, 0.1) is 5.69 Å². The lowest BCUT2D eigenvalue weighted by Crippen LogP contribution is -2.34. The number of benzene rings is 1. The minimum absolute atomic E-state index is 0.0394. The zero-order valence-electron chi connectivity index (χ0n) is 12.4. The van der Waals surface area contributed by atoms with Gasteiger partial charge in [0.25, 0.3) is 0 Å². The largest absolute Gasteiger partial charge is 0.396 e. The number of nitrogen functional groups attached to an aromatic ring is 1. The van der Waals surface area contributed by atoms with Gasteiger partial charge in [-0.1, -0.05) is 6.92 Å². The number of hydrogen-bond acceptors (Lipinski definition) is 3. The van der Waals surface area contributed by atoms with Gasteiger partial charge in [-0.05, 0) is 45.0 Å². The van der Waals surface area contributed by atoms with E-state index in [-0.39, 0.29) is 11.6 Å². The molecule has 4 nitrogen and oxygen atoms in total. The van der Waals surface area contributed by atoms with Gasteiger partial charge in [0.15, 0.2) is 0 Å². The van der Waals surface area contributed by atoms with Gasteiger partial charge in [-0.3, -0.25) is 4.79 Å². The number of hydrogen-bond donors (Lipinski definition) is 2. The minimum atomic E-state index is -0.475. The van der Waals surface area contributed by atoms with E-state index in [0.717, 1.165) is 13.0 Å². The molecule has 0 atom stereocenters. The van der Waals surface area contributed by atoms with Gasteiger partial charge >= 0.3 is 0 Å². The molecule has 0 aromatic heterocycles. The number of amides is 1. The summed E-state index contributed by atoms with van der Waals surface area (Å²) >= 11 is 0. The van der Waals surface area contributed by atoms with Crippen LogP contribution in [-0.4, -0.2) is 29.9 Å². The molecule has 0 radical (unpaired) electrons. The third-order valence-electron chi connectivity index (χ3n) is 3.15. The van der Waals surface area contributed by atoms with Crippen molar-refractivity contribution in [2.24, 2.45) is 0 Å². The topological polar surface area (TPSA) is 58.4 Å². The molecule has 20 heavy (non-hydrogen) atoms. The van der Waals surface area contributed by atoms with Crippen LogP contribution in [-0.2, 0) is 4.79 Å². The minimum Gasteiger partial charge on any atom is -0.396 e. The molecule has 0 spiro atoms. The fraction of sp³-hybridized carbons (Fsp3) is 0.533. The summed E-state index contributed by atoms with van der Waals surface area (Å²) in [6.07, 6.45) is 1.48. The molecule has 112 valence electrons. The average Bonchev–Trinajstić information content (AvgIpc) is 2.38. The van der Waals surface area contributed by atoms with E-state index in [4.69, 9.17) is 5.73 Å². The van der Waals surface area contributed by atoms with Gasteiger partial charge in [0.2, 0.25) is 5.91 Å². The molecule has 0 bridgehead atoms. The van der Waals surface area contributed by atoms with Crippen LogP contribution in [0.3, 0.4) is 0 Å². The Morgan fingerprint density at radius 3 is 2.65 bits per heavy atom. The lowest BCUT2D eigenvalue weighted by molar-refractivity contribution is -0.116. The van der Waals surface area contributed by atoms with Gasteiger partial charge in [-0.2, -0.15) is 0 Å². The van der Waals surface area contributed by atoms with Crippen LogP contribution in [0.5, 0.6) is 0 Å². The fourth-order valence-corrected chi connectivity index (χ4v) is 2.01. The molecule has 0 heterocycles. The fourth-order valence-electron chi connectivity index (χ4n) is 2.01. The summed E-state index contributed by atoms with van der Waals surface area (Å²) in [5, 5.41) is 2.73. The first-order chi connectivity index (χ1) is 9.43. The van der Waals surface area contributed by atoms with Crippen LogP contribution >= 0.6 is 0 Å². The second kappa shape index (κ2) is 7.85. The van der Waals surface area contributed by atoms with Crippen LogP contribution < -0.4 is 11.1 Å². The van der Waals surface area contributed by atoms with E-state index in [1.165, 1.54) is 18.2 Å². The van der Waals surface area contributed by atoms with Gasteiger partial charge in [0, 0.05) is 24.7 Å². The smallest absolute Gasteiger partial charge is 0.225 e. The second-order valence-corrected chi connectivity index (χ2v) is 5.16. The molecule has 0 saturated carbocycles. The molecule has 1 rings (SSSR count). The monoisotopic (exact) mass is 281 g/mol. The first kappa shape index (κ1) is 16.4. The maximum atomic E-state index is 13.0. The number of rotatable bonds is 7. The van der Waals surface area contributed by atoms with Crippen molar-refractivity contribution < 1.29 is 9.18 Å². The number of nitrogens with one attached hydrogen (secondary N) is 1. The standard InChI is InChI=1S/C15H24FN3O/c1-4-8-19(11(2)3)9-7-15(20)18-12-5-6-13(16)14(17)10-12/h5-6,10-11H,4,7-9,17H2,1-3H3,(H,18,20). The van der Waals surface area contributed by atoms with Crippen molar-refractivity contribution in [1.29, 1.82) is 0 Å². The lowest BCUT2D eigenvalue weighted by Gasteiger charge is -2.25. The summed E-state index contributed by atoms with van der Waals surface area (Å²) < 4.78 is 13.0. The number of anilines is 2. The van der Waals surface area contributed by atoms with E-state index in [0.29, 0.717) is 24.7 Å². The van der Waals surface area contributed by atoms with Crippen molar-refractivity contribution in [2.75, 3.05) is 24.1 Å². The summed E-state index contributed by atoms with van der Waals surface area (Å²) in [5.41, 5.74) is 6.03. The summed E-state index contributed by atoms with van der Waals surface area (Å²) in [6, 6.07) is 4.61. The lowest BCUT2D eigenvalue weighted by atomic mass is 10.2. The zero-order chi connectivity index (χ0) is 15.1. The van der Waals surface area contributed by atoms with Crippen LogP contribution in [0.25, 0.3) is 0 Å². The van der Waals surface area contributed by atoms with E-state index < -0.39 is 5.82 Å². The first-order valence-electron chi connectivity index (χ1n) is 7.03. The Balaban J connectivity index is 2.48. The summed E-state index contributed by atoms with van der Waals surface area (Å²) in [4.78, 5) is 14.1. The zero-order valence-corrected chi connectivity index (χ0v) is 12.4. The van der Waals surface area contributed by atoms with E-state index in [9.17, 15) is 9.18 Å². The average molecular weight is 281 g/mol. The van der Waals surface area contributed by atoms with Crippen LogP contribution in [0.15, 0.2) is 18.2 Å². The SMILES string of the molecule is CCCN(CCC(=O)Nc1ccc(F)c(N)c1)C(C)C. The van der Waals surface area contributed by atoms with Gasteiger partial charge in [-0.15, -0.1) is 0 Å². The maximum Gasteiger partial charge on any atom is 0.225 e. The van der Waals surface area contributed by atoms with Gasteiger partial charge in [-0.25, -0.2) is 4.39 Å². The molecule has 5 heteroatoms. The maximum absolute atomic E-state index is 13.0. The molecular formula is C15H24FN3O. The van der Waals surface area contributed by atoms with E-state index in [1.54, 1.807) is 0 Å². The van der Waals surface area contributed by atoms with Crippen LogP contribution in [0.2, 0.25) is 0 Å². The highest BCUT2D eigenvalue weighted by atomic mass is 19.1. The molecule has 0 aliphatic rings. The number of nitrogens with two attached hydrogens (primary N) is 1. The first-order valence-corrected chi connectivity index (χ1v) is 7.03. The van der Waals surface area contributed by atoms with E-state index >= 15 is 0 Å². The summed E-state index contributed by atoms with van der Waals surface area (Å²) in [5.74, 6) is -0.560. The molecule has 0 fully saturated rings. The van der Waals surface area contributed by atoms with Crippen molar-refractivity contribution in [3.05, 3.63) is 24.0 Å². The van der Waals surface area contributed by atoms with E-state index in [1.807, 2.05) is 0 Å². The molecule has 1 aromatic carbocycles. The molecule has 0 unspecified atom stereocenters. The van der Waals surface area contributed by atoms with Crippen molar-refractivity contribution >= 4 is 17.3 Å². The van der Waals surface area contributed by atoms with Gasteiger partial charge in [0.1, 0.15) is 5.82 Å². The highest BCUT2D eigenvalue weighted by Gasteiger charge is 2.11. The van der Waals surface area contributed by atoms with E-state index in [2.05, 4.69) is 31.0 Å². The molecule has 0 saturated heterocycles. The molecular weight excluding hydrogens is 257 g/mol. The predicted molar refractivity (Wildman–Crippen MR) is 81.1 cm³/mol. The van der Waals surface area contributed by atoms with Crippen LogP contribution in [0, 0.1) is 5.82 Å². The third kappa shape index (κ3) is 5.17. The Morgan fingerprint density at radius 1 is 1.40 bits per heavy atom. The molecule has 1 aromatic rings. The second-order valence-electron chi connectivity index (χ2n) is 5.16. The third-order valence-corrected chi connectivity index (χ3v) is 3.15. The van der Waals surface area contributed by atoms with Crippen molar-refractivity contribution in [3.8, 4) is 0 Å². The molecule has 3 N–H and O–H groups in total. The Labute approximate surface area is 120 Å². The molecule has 0 aliphatic heterocycles. The quantitative estimate of drug-likeness (QED) is 0.756. The van der Waals surface area contributed by atoms with Crippen molar-refractivity contribution in [2.45, 2.75) is 39.7 Å². The van der Waals surface area contributed by atoms with Crippen molar-refractivity contribution in [1.82, 2.24) is 4.90 Å². The predicted octanol–water partition coefficient (Wildman–Crippen LogP) is 2.86. The Morgan fingerprint density at radius 2 is 2.10 bits per heavy atom. The number of carbonyl (C=O) groups is 1. The summed E-state index contributed by atoms with van der Waals surface area (Å²) in [7, 11) is 0.